The predicted molar refractivity (Wildman–Crippen MR) is 63.6 cm³/mol. The second kappa shape index (κ2) is 6.31. The van der Waals surface area contributed by atoms with Crippen LogP contribution in [0.5, 0.6) is 0 Å². The summed E-state index contributed by atoms with van der Waals surface area (Å²) in [6.07, 6.45) is 7.60. The first kappa shape index (κ1) is 11.9. The third-order valence-electron chi connectivity index (χ3n) is 2.75. The van der Waals surface area contributed by atoms with Crippen LogP contribution >= 0.6 is 0 Å². The van der Waals surface area contributed by atoms with Crippen LogP contribution in [0.3, 0.4) is 0 Å². The Balaban J connectivity index is 2.32. The van der Waals surface area contributed by atoms with Gasteiger partial charge in [-0.1, -0.05) is 12.8 Å². The van der Waals surface area contributed by atoms with Crippen molar-refractivity contribution >= 4 is 5.96 Å². The summed E-state index contributed by atoms with van der Waals surface area (Å²) in [5, 5.41) is 2.86. The maximum Gasteiger partial charge on any atom is 0.189 e. The minimum Gasteiger partial charge on any atom is -0.370 e. The van der Waals surface area contributed by atoms with E-state index < -0.39 is 0 Å². The van der Waals surface area contributed by atoms with Gasteiger partial charge in [0, 0.05) is 6.04 Å². The number of nitrogens with zero attached hydrogens (tertiary/aromatic N) is 2. The van der Waals surface area contributed by atoms with Crippen LogP contribution in [0, 0.1) is 12.3 Å². The van der Waals surface area contributed by atoms with Crippen LogP contribution < -0.4 is 11.1 Å². The lowest BCUT2D eigenvalue weighted by atomic mass is 10.2. The Morgan fingerprint density at radius 2 is 2.53 bits per heavy atom. The van der Waals surface area contributed by atoms with Crippen LogP contribution in [0.25, 0.3) is 0 Å². The quantitative estimate of drug-likeness (QED) is 0.389. The molecule has 15 heavy (non-hydrogen) atoms. The van der Waals surface area contributed by atoms with Gasteiger partial charge in [-0.3, -0.25) is 9.89 Å². The van der Waals surface area contributed by atoms with E-state index >= 15 is 0 Å². The van der Waals surface area contributed by atoms with Gasteiger partial charge < -0.3 is 11.1 Å². The highest BCUT2D eigenvalue weighted by Crippen LogP contribution is 2.16. The van der Waals surface area contributed by atoms with Crippen LogP contribution in [-0.4, -0.2) is 43.1 Å². The summed E-state index contributed by atoms with van der Waals surface area (Å²) in [5.74, 6) is 2.92. The largest absolute Gasteiger partial charge is 0.370 e. The first-order valence-corrected chi connectivity index (χ1v) is 5.49. The molecule has 0 bridgehead atoms. The average Bonchev–Trinajstić information content (AvgIpc) is 2.70. The summed E-state index contributed by atoms with van der Waals surface area (Å²) >= 11 is 0. The molecule has 1 atom stereocenters. The molecule has 3 N–H and O–H groups in total. The molecule has 84 valence electrons. The Kier molecular flexibility index (Phi) is 4.99. The van der Waals surface area contributed by atoms with Crippen molar-refractivity contribution in [2.45, 2.75) is 25.8 Å². The molecular weight excluding hydrogens is 188 g/mol. The normalized spacial score (nSPS) is 22.7. The summed E-state index contributed by atoms with van der Waals surface area (Å²) in [7, 11) is 0. The first-order chi connectivity index (χ1) is 7.27. The van der Waals surface area contributed by atoms with E-state index in [1.54, 1.807) is 0 Å². The number of hydrogen-bond donors (Lipinski definition) is 2. The van der Waals surface area contributed by atoms with Gasteiger partial charge in [-0.25, -0.2) is 0 Å². The van der Waals surface area contributed by atoms with Crippen molar-refractivity contribution in [2.75, 3.05) is 26.2 Å². The van der Waals surface area contributed by atoms with Crippen LogP contribution in [0.2, 0.25) is 0 Å². The number of terminal acetylenes is 1. The molecule has 0 aliphatic carbocycles. The van der Waals surface area contributed by atoms with Gasteiger partial charge in [0.1, 0.15) is 0 Å². The number of nitrogens with one attached hydrogen (secondary N) is 1. The van der Waals surface area contributed by atoms with Crippen LogP contribution in [0.4, 0.5) is 0 Å². The Morgan fingerprint density at radius 3 is 3.20 bits per heavy atom. The zero-order chi connectivity index (χ0) is 11.1. The van der Waals surface area contributed by atoms with Crippen molar-refractivity contribution in [1.29, 1.82) is 0 Å². The van der Waals surface area contributed by atoms with E-state index in [0.717, 1.165) is 13.1 Å². The number of aliphatic imine (C=N–C) groups is 1. The average molecular weight is 208 g/mol. The first-order valence-electron chi connectivity index (χ1n) is 5.49. The maximum absolute atomic E-state index is 5.65. The molecule has 0 aromatic rings. The molecule has 0 saturated carbocycles. The number of nitrogens with two attached hydrogens (primary N) is 1. The highest BCUT2D eigenvalue weighted by molar-refractivity contribution is 5.78. The van der Waals surface area contributed by atoms with E-state index in [1.807, 2.05) is 0 Å². The van der Waals surface area contributed by atoms with Gasteiger partial charge in [0.2, 0.25) is 0 Å². The minimum absolute atomic E-state index is 0.442. The molecule has 0 amide bonds. The molecular formula is C11H20N4. The van der Waals surface area contributed by atoms with Gasteiger partial charge in [-0.2, -0.15) is 0 Å². The second-order valence-electron chi connectivity index (χ2n) is 3.71. The molecule has 1 aliphatic heterocycles. The number of likely N-dealkylation sites (tertiary alicyclic amines) is 1. The second-order valence-corrected chi connectivity index (χ2v) is 3.71. The molecule has 1 heterocycles. The molecule has 4 heteroatoms. The molecule has 1 fully saturated rings. The van der Waals surface area contributed by atoms with Crippen molar-refractivity contribution in [2.24, 2.45) is 10.7 Å². The fourth-order valence-corrected chi connectivity index (χ4v) is 1.92. The Bertz CT molecular complexity index is 254. The van der Waals surface area contributed by atoms with Crippen LogP contribution in [0.1, 0.15) is 19.8 Å². The molecule has 0 aromatic carbocycles. The van der Waals surface area contributed by atoms with Gasteiger partial charge in [0.15, 0.2) is 5.96 Å². The Morgan fingerprint density at radius 1 is 1.73 bits per heavy atom. The van der Waals surface area contributed by atoms with Crippen LogP contribution in [-0.2, 0) is 0 Å². The lowest BCUT2D eigenvalue weighted by Crippen LogP contribution is -2.35. The van der Waals surface area contributed by atoms with Gasteiger partial charge >= 0.3 is 0 Å². The van der Waals surface area contributed by atoms with Gasteiger partial charge in [-0.05, 0) is 25.9 Å². The summed E-state index contributed by atoms with van der Waals surface area (Å²) in [4.78, 5) is 6.73. The predicted octanol–water partition coefficient (Wildman–Crippen LogP) is 0.00820. The van der Waals surface area contributed by atoms with Crippen molar-refractivity contribution in [3.63, 3.8) is 0 Å². The topological polar surface area (TPSA) is 53.6 Å². The lowest BCUT2D eigenvalue weighted by Gasteiger charge is -2.20. The molecule has 0 radical (unpaired) electrons. The van der Waals surface area contributed by atoms with Crippen molar-refractivity contribution in [3.05, 3.63) is 0 Å². The highest BCUT2D eigenvalue weighted by Gasteiger charge is 2.22. The van der Waals surface area contributed by atoms with E-state index in [0.29, 0.717) is 18.5 Å². The van der Waals surface area contributed by atoms with Crippen molar-refractivity contribution in [3.8, 4) is 12.3 Å². The van der Waals surface area contributed by atoms with E-state index in [9.17, 15) is 0 Å². The number of guanidine groups is 1. The van der Waals surface area contributed by atoms with Crippen molar-refractivity contribution in [1.82, 2.24) is 10.2 Å². The number of rotatable bonds is 4. The fourth-order valence-electron chi connectivity index (χ4n) is 1.92. The Hall–Kier alpha value is -1.21. The molecule has 0 aromatic heterocycles. The standard InChI is InChI=1S/C11H20N4/c1-3-7-13-11(12)14-9-10-6-5-8-15(10)4-2/h1,10H,4-9H2,2H3,(H3,12,13,14). The van der Waals surface area contributed by atoms with Gasteiger partial charge in [-0.15, -0.1) is 6.42 Å². The maximum atomic E-state index is 5.65. The monoisotopic (exact) mass is 208 g/mol. The summed E-state index contributed by atoms with van der Waals surface area (Å²) in [6, 6.07) is 0.557. The Labute approximate surface area is 91.9 Å². The van der Waals surface area contributed by atoms with E-state index in [2.05, 4.69) is 28.1 Å². The molecule has 1 rings (SSSR count). The SMILES string of the molecule is C#CCNC(N)=NCC1CCCN1CC. The highest BCUT2D eigenvalue weighted by atomic mass is 15.2. The zero-order valence-corrected chi connectivity index (χ0v) is 9.37. The summed E-state index contributed by atoms with van der Waals surface area (Å²) in [6.45, 7) is 5.68. The fraction of sp³-hybridized carbons (Fsp3) is 0.727. The molecule has 4 nitrogen and oxygen atoms in total. The zero-order valence-electron chi connectivity index (χ0n) is 9.37. The van der Waals surface area contributed by atoms with E-state index in [1.165, 1.54) is 19.4 Å². The molecule has 1 unspecified atom stereocenters. The van der Waals surface area contributed by atoms with Gasteiger partial charge in [0.05, 0.1) is 13.1 Å². The smallest absolute Gasteiger partial charge is 0.189 e. The van der Waals surface area contributed by atoms with Crippen LogP contribution in [0.15, 0.2) is 4.99 Å². The van der Waals surface area contributed by atoms with E-state index in [4.69, 9.17) is 12.2 Å². The molecule has 1 aliphatic rings. The van der Waals surface area contributed by atoms with Gasteiger partial charge in [0.25, 0.3) is 0 Å². The molecule has 0 spiro atoms. The third kappa shape index (κ3) is 3.80. The van der Waals surface area contributed by atoms with E-state index in [-0.39, 0.29) is 0 Å². The summed E-state index contributed by atoms with van der Waals surface area (Å²) < 4.78 is 0. The lowest BCUT2D eigenvalue weighted by molar-refractivity contribution is 0.273. The third-order valence-corrected chi connectivity index (χ3v) is 2.75. The summed E-state index contributed by atoms with van der Waals surface area (Å²) in [5.41, 5.74) is 5.65. The number of hydrogen-bond acceptors (Lipinski definition) is 2. The number of likely N-dealkylation sites (N-methyl/N-ethyl adjacent to an activating group) is 1. The minimum atomic E-state index is 0.442. The van der Waals surface area contributed by atoms with Crippen molar-refractivity contribution < 1.29 is 0 Å². The molecule has 1 saturated heterocycles.